The van der Waals surface area contributed by atoms with Crippen LogP contribution >= 0.6 is 0 Å². The average Bonchev–Trinajstić information content (AvgIpc) is 2.60. The van der Waals surface area contributed by atoms with E-state index in [9.17, 15) is 4.79 Å². The number of aryl methyl sites for hydroxylation is 2. The molecule has 2 heterocycles. The standard InChI is InChI=1S/C18H24N4O2/c1-13-14(2)20-17-12-15(4-5-16(17)19-13)18(23)21(3)6-7-22-8-10-24-11-9-22/h4-5,12H,6-11H2,1-3H3. The van der Waals surface area contributed by atoms with Gasteiger partial charge < -0.3 is 9.64 Å². The first-order valence-corrected chi connectivity index (χ1v) is 8.35. The second-order valence-electron chi connectivity index (χ2n) is 6.28. The van der Waals surface area contributed by atoms with Crippen LogP contribution in [0.2, 0.25) is 0 Å². The zero-order valence-electron chi connectivity index (χ0n) is 14.6. The van der Waals surface area contributed by atoms with Crippen LogP contribution < -0.4 is 0 Å². The van der Waals surface area contributed by atoms with Crippen LogP contribution in [0.1, 0.15) is 21.7 Å². The number of carbonyl (C=O) groups is 1. The third kappa shape index (κ3) is 3.71. The number of hydrogen-bond donors (Lipinski definition) is 0. The molecule has 1 aliphatic heterocycles. The lowest BCUT2D eigenvalue weighted by atomic mass is 10.1. The summed E-state index contributed by atoms with van der Waals surface area (Å²) >= 11 is 0. The molecule has 1 aromatic carbocycles. The zero-order valence-corrected chi connectivity index (χ0v) is 14.6. The van der Waals surface area contributed by atoms with Gasteiger partial charge in [-0.2, -0.15) is 0 Å². The number of fused-ring (bicyclic) bond motifs is 1. The average molecular weight is 328 g/mol. The van der Waals surface area contributed by atoms with E-state index in [0.29, 0.717) is 12.1 Å². The Kier molecular flexibility index (Phi) is 5.06. The highest BCUT2D eigenvalue weighted by Gasteiger charge is 2.16. The molecule has 0 spiro atoms. The SMILES string of the molecule is Cc1nc2ccc(C(=O)N(C)CCN3CCOCC3)cc2nc1C. The summed E-state index contributed by atoms with van der Waals surface area (Å²) in [5, 5.41) is 0. The number of aromatic nitrogens is 2. The van der Waals surface area contributed by atoms with E-state index in [1.54, 1.807) is 4.90 Å². The molecule has 1 aliphatic rings. The Bertz CT molecular complexity index is 741. The second-order valence-corrected chi connectivity index (χ2v) is 6.28. The summed E-state index contributed by atoms with van der Waals surface area (Å²) in [6.45, 7) is 8.88. The third-order valence-corrected chi connectivity index (χ3v) is 4.52. The van der Waals surface area contributed by atoms with E-state index in [-0.39, 0.29) is 5.91 Å². The molecule has 128 valence electrons. The molecule has 1 saturated heterocycles. The first kappa shape index (κ1) is 16.8. The molecule has 0 radical (unpaired) electrons. The van der Waals surface area contributed by atoms with Gasteiger partial charge in [0.05, 0.1) is 35.6 Å². The third-order valence-electron chi connectivity index (χ3n) is 4.52. The molecule has 1 aromatic heterocycles. The minimum absolute atomic E-state index is 0.0187. The van der Waals surface area contributed by atoms with Gasteiger partial charge >= 0.3 is 0 Å². The van der Waals surface area contributed by atoms with Crippen molar-refractivity contribution in [1.82, 2.24) is 19.8 Å². The van der Waals surface area contributed by atoms with E-state index in [4.69, 9.17) is 4.74 Å². The van der Waals surface area contributed by atoms with Crippen LogP contribution in [-0.4, -0.2) is 72.1 Å². The maximum absolute atomic E-state index is 12.6. The fourth-order valence-corrected chi connectivity index (χ4v) is 2.80. The van der Waals surface area contributed by atoms with Crippen molar-refractivity contribution in [2.24, 2.45) is 0 Å². The van der Waals surface area contributed by atoms with E-state index >= 15 is 0 Å². The van der Waals surface area contributed by atoms with Crippen LogP contribution in [0.25, 0.3) is 11.0 Å². The Hall–Kier alpha value is -2.05. The fraction of sp³-hybridized carbons (Fsp3) is 0.500. The van der Waals surface area contributed by atoms with E-state index in [1.807, 2.05) is 39.1 Å². The highest BCUT2D eigenvalue weighted by Crippen LogP contribution is 2.15. The summed E-state index contributed by atoms with van der Waals surface area (Å²) in [5.74, 6) is 0.0187. The minimum atomic E-state index is 0.0187. The van der Waals surface area contributed by atoms with Crippen molar-refractivity contribution in [3.63, 3.8) is 0 Å². The van der Waals surface area contributed by atoms with Crippen molar-refractivity contribution in [3.8, 4) is 0 Å². The fourth-order valence-electron chi connectivity index (χ4n) is 2.80. The van der Waals surface area contributed by atoms with Gasteiger partial charge in [-0.05, 0) is 32.0 Å². The number of rotatable bonds is 4. The van der Waals surface area contributed by atoms with Gasteiger partial charge in [-0.1, -0.05) is 0 Å². The van der Waals surface area contributed by atoms with Gasteiger partial charge in [0, 0.05) is 38.8 Å². The molecule has 0 saturated carbocycles. The van der Waals surface area contributed by atoms with Gasteiger partial charge in [-0.15, -0.1) is 0 Å². The van der Waals surface area contributed by atoms with Crippen LogP contribution in [0.15, 0.2) is 18.2 Å². The summed E-state index contributed by atoms with van der Waals surface area (Å²) < 4.78 is 5.35. The summed E-state index contributed by atoms with van der Waals surface area (Å²) in [4.78, 5) is 25.8. The van der Waals surface area contributed by atoms with Crippen molar-refractivity contribution in [2.75, 3.05) is 46.4 Å². The molecular weight excluding hydrogens is 304 g/mol. The number of carbonyl (C=O) groups excluding carboxylic acids is 1. The summed E-state index contributed by atoms with van der Waals surface area (Å²) in [6.07, 6.45) is 0. The Balaban J connectivity index is 1.69. The van der Waals surface area contributed by atoms with Crippen LogP contribution in [0.5, 0.6) is 0 Å². The Labute approximate surface area is 142 Å². The Morgan fingerprint density at radius 3 is 2.54 bits per heavy atom. The molecule has 3 rings (SSSR count). The van der Waals surface area contributed by atoms with Crippen molar-refractivity contribution in [3.05, 3.63) is 35.2 Å². The predicted molar refractivity (Wildman–Crippen MR) is 93.2 cm³/mol. The number of ether oxygens (including phenoxy) is 1. The number of benzene rings is 1. The number of amides is 1. The van der Waals surface area contributed by atoms with Crippen LogP contribution in [0.3, 0.4) is 0 Å². The largest absolute Gasteiger partial charge is 0.379 e. The van der Waals surface area contributed by atoms with Gasteiger partial charge in [-0.25, -0.2) is 9.97 Å². The molecule has 0 atom stereocenters. The molecule has 6 nitrogen and oxygen atoms in total. The van der Waals surface area contributed by atoms with E-state index in [0.717, 1.165) is 55.3 Å². The lowest BCUT2D eigenvalue weighted by Gasteiger charge is -2.28. The van der Waals surface area contributed by atoms with Crippen molar-refractivity contribution >= 4 is 16.9 Å². The van der Waals surface area contributed by atoms with Gasteiger partial charge in [0.15, 0.2) is 0 Å². The Morgan fingerprint density at radius 2 is 1.83 bits per heavy atom. The Morgan fingerprint density at radius 1 is 1.17 bits per heavy atom. The minimum Gasteiger partial charge on any atom is -0.379 e. The van der Waals surface area contributed by atoms with E-state index in [1.165, 1.54) is 0 Å². The van der Waals surface area contributed by atoms with Crippen molar-refractivity contribution in [2.45, 2.75) is 13.8 Å². The van der Waals surface area contributed by atoms with E-state index in [2.05, 4.69) is 14.9 Å². The molecule has 1 amide bonds. The van der Waals surface area contributed by atoms with Gasteiger partial charge in [0.1, 0.15) is 0 Å². The molecule has 0 N–H and O–H groups in total. The zero-order chi connectivity index (χ0) is 17.1. The number of hydrogen-bond acceptors (Lipinski definition) is 5. The maximum atomic E-state index is 12.6. The predicted octanol–water partition coefficient (Wildman–Crippen LogP) is 1.65. The summed E-state index contributed by atoms with van der Waals surface area (Å²) in [5.41, 5.74) is 4.07. The lowest BCUT2D eigenvalue weighted by molar-refractivity contribution is 0.0338. The molecule has 0 unspecified atom stereocenters. The molecule has 24 heavy (non-hydrogen) atoms. The van der Waals surface area contributed by atoms with Gasteiger partial charge in [0.25, 0.3) is 5.91 Å². The first-order valence-electron chi connectivity index (χ1n) is 8.35. The number of morpholine rings is 1. The molecule has 0 aliphatic carbocycles. The van der Waals surface area contributed by atoms with Crippen LogP contribution in [0, 0.1) is 13.8 Å². The molecule has 6 heteroatoms. The monoisotopic (exact) mass is 328 g/mol. The molecule has 2 aromatic rings. The molecular formula is C18H24N4O2. The number of likely N-dealkylation sites (N-methyl/N-ethyl adjacent to an activating group) is 1. The molecule has 1 fully saturated rings. The maximum Gasteiger partial charge on any atom is 0.253 e. The van der Waals surface area contributed by atoms with Gasteiger partial charge in [0.2, 0.25) is 0 Å². The summed E-state index contributed by atoms with van der Waals surface area (Å²) in [7, 11) is 1.85. The first-order chi connectivity index (χ1) is 11.5. The van der Waals surface area contributed by atoms with Crippen LogP contribution in [-0.2, 0) is 4.74 Å². The smallest absolute Gasteiger partial charge is 0.253 e. The van der Waals surface area contributed by atoms with E-state index < -0.39 is 0 Å². The van der Waals surface area contributed by atoms with Gasteiger partial charge in [-0.3, -0.25) is 9.69 Å². The summed E-state index contributed by atoms with van der Waals surface area (Å²) in [6, 6.07) is 5.54. The number of nitrogens with zero attached hydrogens (tertiary/aromatic N) is 4. The van der Waals surface area contributed by atoms with Crippen molar-refractivity contribution in [1.29, 1.82) is 0 Å². The highest BCUT2D eigenvalue weighted by molar-refractivity contribution is 5.97. The normalized spacial score (nSPS) is 15.6. The van der Waals surface area contributed by atoms with Crippen LogP contribution in [0.4, 0.5) is 0 Å². The second kappa shape index (κ2) is 7.23. The highest BCUT2D eigenvalue weighted by atomic mass is 16.5. The quantitative estimate of drug-likeness (QED) is 0.854. The lowest BCUT2D eigenvalue weighted by Crippen LogP contribution is -2.41. The molecule has 0 bridgehead atoms. The topological polar surface area (TPSA) is 58.6 Å². The van der Waals surface area contributed by atoms with Crippen molar-refractivity contribution < 1.29 is 9.53 Å².